The molecule has 0 radical (unpaired) electrons. The topological polar surface area (TPSA) is 123 Å². The fraction of sp³-hybridized carbons (Fsp3) is 0.550. The standard InChI is InChI=1S/C40H61NO9Si/c1-15-17-18-19-24-31(46-11)27-35(42)49-37-30(25-32(47-12)26-33(37)41(44)45)23-20-22-28(3)36(50-51(13,14)40(8,9)10)29(4)34(21-16-2)48-38(43)39(5,6)7/h15-19,22,24-26,29,31,34,36H,1-2,20-21,23,27H2,3-14H3/b18-17+,24-19+,28-22+/t29?,31?,34-,36-/m0/s1. The Morgan fingerprint density at radius 1 is 1.04 bits per heavy atom. The summed E-state index contributed by atoms with van der Waals surface area (Å²) in [6.45, 7) is 27.9. The SMILES string of the molecule is C=C/C=C/C=C/C(CC(=O)Oc1c(CC/C=C(\C)[C@H](O[Si](C)(C)C(C)(C)C)C(C)[C@H](CC=C)OC(=O)C(C)(C)C)cc(OC)cc1[N+](=O)[O-])OC. The molecule has 0 spiro atoms. The second-order valence-electron chi connectivity index (χ2n) is 15.2. The van der Waals surface area contributed by atoms with Crippen LogP contribution in [0.3, 0.4) is 0 Å². The average molecular weight is 728 g/mol. The van der Waals surface area contributed by atoms with E-state index in [-0.39, 0.29) is 46.6 Å². The Bertz CT molecular complexity index is 1450. The molecule has 0 aliphatic heterocycles. The van der Waals surface area contributed by atoms with Gasteiger partial charge in [-0.15, -0.1) is 6.58 Å². The van der Waals surface area contributed by atoms with E-state index in [1.54, 1.807) is 42.5 Å². The molecule has 0 saturated heterocycles. The average Bonchev–Trinajstić information content (AvgIpc) is 3.03. The Hall–Kier alpha value is -3.80. The molecule has 0 amide bonds. The van der Waals surface area contributed by atoms with Gasteiger partial charge in [0.1, 0.15) is 11.9 Å². The van der Waals surface area contributed by atoms with Gasteiger partial charge in [-0.25, -0.2) is 0 Å². The number of allylic oxidation sites excluding steroid dienone is 5. The van der Waals surface area contributed by atoms with Crippen LogP contribution in [0.4, 0.5) is 5.69 Å². The first-order chi connectivity index (χ1) is 23.6. The molecule has 0 aliphatic carbocycles. The first-order valence-electron chi connectivity index (χ1n) is 17.3. The van der Waals surface area contributed by atoms with Crippen LogP contribution < -0.4 is 9.47 Å². The van der Waals surface area contributed by atoms with Gasteiger partial charge in [0.15, 0.2) is 8.32 Å². The zero-order chi connectivity index (χ0) is 39.2. The van der Waals surface area contributed by atoms with Crippen molar-refractivity contribution in [1.82, 2.24) is 0 Å². The maximum Gasteiger partial charge on any atom is 0.315 e. The van der Waals surface area contributed by atoms with E-state index in [0.29, 0.717) is 24.8 Å². The summed E-state index contributed by atoms with van der Waals surface area (Å²) in [6, 6.07) is 2.88. The van der Waals surface area contributed by atoms with Crippen molar-refractivity contribution in [3.63, 3.8) is 0 Å². The number of ether oxygens (including phenoxy) is 4. The van der Waals surface area contributed by atoms with Gasteiger partial charge < -0.3 is 23.4 Å². The molecule has 4 atom stereocenters. The highest BCUT2D eigenvalue weighted by molar-refractivity contribution is 6.74. The monoisotopic (exact) mass is 727 g/mol. The van der Waals surface area contributed by atoms with Crippen LogP contribution in [0, 0.1) is 21.4 Å². The normalized spacial score (nSPS) is 15.3. The smallest absolute Gasteiger partial charge is 0.315 e. The Labute approximate surface area is 306 Å². The van der Waals surface area contributed by atoms with Crippen molar-refractivity contribution < 1.29 is 37.9 Å². The number of rotatable bonds is 20. The second-order valence-corrected chi connectivity index (χ2v) is 20.0. The largest absolute Gasteiger partial charge is 0.496 e. The van der Waals surface area contributed by atoms with Gasteiger partial charge in [-0.3, -0.25) is 19.7 Å². The maximum absolute atomic E-state index is 13.1. The fourth-order valence-corrected chi connectivity index (χ4v) is 6.19. The van der Waals surface area contributed by atoms with Crippen LogP contribution in [-0.4, -0.2) is 57.7 Å². The summed E-state index contributed by atoms with van der Waals surface area (Å²) in [5.41, 5.74) is 0.321. The number of nitrogens with zero attached hydrogens (tertiary/aromatic N) is 1. The molecule has 1 aromatic rings. The number of methoxy groups -OCH3 is 2. The van der Waals surface area contributed by atoms with E-state index < -0.39 is 36.8 Å². The van der Waals surface area contributed by atoms with Crippen molar-refractivity contribution in [2.45, 2.75) is 118 Å². The van der Waals surface area contributed by atoms with E-state index in [1.807, 2.05) is 40.7 Å². The highest BCUT2D eigenvalue weighted by Crippen LogP contribution is 2.41. The predicted octanol–water partition coefficient (Wildman–Crippen LogP) is 9.65. The minimum atomic E-state index is -2.31. The number of benzene rings is 1. The number of nitro groups is 1. The van der Waals surface area contributed by atoms with E-state index in [0.717, 1.165) is 5.57 Å². The molecular weight excluding hydrogens is 667 g/mol. The summed E-state index contributed by atoms with van der Waals surface area (Å²) < 4.78 is 29.5. The molecule has 0 saturated carbocycles. The highest BCUT2D eigenvalue weighted by Gasteiger charge is 2.42. The van der Waals surface area contributed by atoms with Gasteiger partial charge >= 0.3 is 17.6 Å². The van der Waals surface area contributed by atoms with Gasteiger partial charge in [0.05, 0.1) is 42.1 Å². The molecule has 0 heterocycles. The summed E-state index contributed by atoms with van der Waals surface area (Å²) in [5.74, 6) is -1.07. The van der Waals surface area contributed by atoms with Crippen molar-refractivity contribution in [2.75, 3.05) is 14.2 Å². The number of carbonyl (C=O) groups is 2. The number of aryl methyl sites for hydroxylation is 1. The Morgan fingerprint density at radius 2 is 1.69 bits per heavy atom. The Kier molecular flexibility index (Phi) is 18.0. The molecule has 2 unspecified atom stereocenters. The lowest BCUT2D eigenvalue weighted by molar-refractivity contribution is -0.385. The number of hydrogen-bond acceptors (Lipinski definition) is 9. The van der Waals surface area contributed by atoms with Gasteiger partial charge in [0, 0.05) is 25.0 Å². The third-order valence-electron chi connectivity index (χ3n) is 9.01. The number of hydrogen-bond donors (Lipinski definition) is 0. The van der Waals surface area contributed by atoms with E-state index in [9.17, 15) is 19.7 Å². The van der Waals surface area contributed by atoms with E-state index >= 15 is 0 Å². The third kappa shape index (κ3) is 14.4. The van der Waals surface area contributed by atoms with Crippen LogP contribution in [0.1, 0.15) is 80.2 Å². The van der Waals surface area contributed by atoms with Crippen molar-refractivity contribution in [2.24, 2.45) is 11.3 Å². The van der Waals surface area contributed by atoms with Crippen LogP contribution in [0.5, 0.6) is 11.5 Å². The molecule has 284 valence electrons. The van der Waals surface area contributed by atoms with Gasteiger partial charge in [-0.2, -0.15) is 0 Å². The van der Waals surface area contributed by atoms with Gasteiger partial charge in [-0.1, -0.05) is 76.8 Å². The number of carbonyl (C=O) groups excluding carboxylic acids is 2. The summed E-state index contributed by atoms with van der Waals surface area (Å²) in [5, 5.41) is 12.1. The molecule has 1 aromatic carbocycles. The second kappa shape index (κ2) is 20.3. The molecule has 0 N–H and O–H groups in total. The van der Waals surface area contributed by atoms with E-state index in [1.165, 1.54) is 20.3 Å². The predicted molar refractivity (Wildman–Crippen MR) is 207 cm³/mol. The molecule has 0 fully saturated rings. The van der Waals surface area contributed by atoms with Crippen molar-refractivity contribution >= 4 is 25.9 Å². The van der Waals surface area contributed by atoms with Crippen molar-refractivity contribution in [3.05, 3.63) is 89.1 Å². The molecule has 0 aliphatic rings. The zero-order valence-corrected chi connectivity index (χ0v) is 33.9. The Balaban J connectivity index is 3.56. The maximum atomic E-state index is 13.1. The van der Waals surface area contributed by atoms with Crippen LogP contribution in [0.2, 0.25) is 18.1 Å². The van der Waals surface area contributed by atoms with E-state index in [2.05, 4.69) is 47.0 Å². The van der Waals surface area contributed by atoms with Gasteiger partial charge in [0.25, 0.3) is 0 Å². The van der Waals surface area contributed by atoms with Crippen molar-refractivity contribution in [1.29, 1.82) is 0 Å². The minimum Gasteiger partial charge on any atom is -0.496 e. The molecular formula is C40H61NO9Si. The van der Waals surface area contributed by atoms with Crippen LogP contribution in [0.25, 0.3) is 0 Å². The van der Waals surface area contributed by atoms with Gasteiger partial charge in [-0.05, 0) is 70.3 Å². The zero-order valence-electron chi connectivity index (χ0n) is 32.9. The third-order valence-corrected chi connectivity index (χ3v) is 13.5. The molecule has 0 bridgehead atoms. The summed E-state index contributed by atoms with van der Waals surface area (Å²) in [6.07, 6.45) is 11.9. The van der Waals surface area contributed by atoms with Gasteiger partial charge in [0.2, 0.25) is 5.75 Å². The summed E-state index contributed by atoms with van der Waals surface area (Å²) in [7, 11) is 0.576. The summed E-state index contributed by atoms with van der Waals surface area (Å²) in [4.78, 5) is 37.6. The molecule has 10 nitrogen and oxygen atoms in total. The molecule has 0 aromatic heterocycles. The Morgan fingerprint density at radius 3 is 2.20 bits per heavy atom. The number of esters is 2. The molecule has 1 rings (SSSR count). The van der Waals surface area contributed by atoms with Crippen LogP contribution in [-0.2, 0) is 29.9 Å². The van der Waals surface area contributed by atoms with Crippen LogP contribution in [0.15, 0.2) is 73.4 Å². The quantitative estimate of drug-likeness (QED) is 0.0246. The lowest BCUT2D eigenvalue weighted by Gasteiger charge is -2.42. The highest BCUT2D eigenvalue weighted by atomic mass is 28.4. The fourth-order valence-electron chi connectivity index (χ4n) is 4.81. The lowest BCUT2D eigenvalue weighted by atomic mass is 9.89. The molecule has 11 heteroatoms. The molecule has 51 heavy (non-hydrogen) atoms. The minimum absolute atomic E-state index is 0.0838. The first kappa shape index (κ1) is 45.2. The number of nitro benzene ring substituents is 1. The van der Waals surface area contributed by atoms with Crippen LogP contribution >= 0.6 is 0 Å². The first-order valence-corrected chi connectivity index (χ1v) is 20.2. The van der Waals surface area contributed by atoms with Crippen molar-refractivity contribution in [3.8, 4) is 11.5 Å². The lowest BCUT2D eigenvalue weighted by Crippen LogP contribution is -2.48. The van der Waals surface area contributed by atoms with E-state index in [4.69, 9.17) is 23.4 Å². The summed E-state index contributed by atoms with van der Waals surface area (Å²) >= 11 is 0.